The number of fused-ring (bicyclic) bond motifs is 2. The van der Waals surface area contributed by atoms with E-state index in [1.807, 2.05) is 0 Å². The van der Waals surface area contributed by atoms with Crippen LogP contribution in [0.25, 0.3) is 0 Å². The van der Waals surface area contributed by atoms with Crippen LogP contribution >= 0.6 is 0 Å². The van der Waals surface area contributed by atoms with Gasteiger partial charge in [0.25, 0.3) is 11.8 Å². The molecule has 1 N–H and O–H groups in total. The normalized spacial score (nSPS) is 21.5. The van der Waals surface area contributed by atoms with Gasteiger partial charge in [-0.15, -0.1) is 0 Å². The van der Waals surface area contributed by atoms with Crippen LogP contribution in [-0.2, 0) is 14.4 Å². The Balaban J connectivity index is 1.28. The minimum Gasteiger partial charge on any atom is -0.486 e. The van der Waals surface area contributed by atoms with Crippen LogP contribution < -0.4 is 19.7 Å². The van der Waals surface area contributed by atoms with Crippen LogP contribution in [0, 0.1) is 5.82 Å². The molecule has 0 radical (unpaired) electrons. The van der Waals surface area contributed by atoms with Gasteiger partial charge in [-0.1, -0.05) is 5.22 Å². The maximum absolute atomic E-state index is 13.2. The minimum absolute atomic E-state index is 0.238. The van der Waals surface area contributed by atoms with Crippen molar-refractivity contribution in [2.24, 2.45) is 10.3 Å². The number of halogens is 1. The Kier molecular flexibility index (Phi) is 4.50. The van der Waals surface area contributed by atoms with Gasteiger partial charge in [0, 0.05) is 11.8 Å². The van der Waals surface area contributed by atoms with Gasteiger partial charge >= 0.3 is 0 Å². The van der Waals surface area contributed by atoms with Crippen molar-refractivity contribution in [2.75, 3.05) is 30.0 Å². The standard InChI is InChI=1S/C20H16FN5O5/c21-11-1-4-13(5-2-11)26-19(28)17-18(20(26)29)25(24-23-17)10-16(27)22-12-3-6-14-15(9-12)31-8-7-30-14/h1-6,9,17-18H,7-8,10H2,(H,22,27). The predicted molar refractivity (Wildman–Crippen MR) is 104 cm³/mol. The summed E-state index contributed by atoms with van der Waals surface area (Å²) in [6, 6.07) is 7.92. The monoisotopic (exact) mass is 425 g/mol. The average Bonchev–Trinajstić information content (AvgIpc) is 3.28. The SMILES string of the molecule is O=C(CN1N=NC2C(=O)N(c3ccc(F)cc3)C(=O)C21)Nc1ccc2c(c1)OCCO2. The van der Waals surface area contributed by atoms with Crippen molar-refractivity contribution in [1.29, 1.82) is 0 Å². The van der Waals surface area contributed by atoms with Crippen LogP contribution in [0.1, 0.15) is 0 Å². The zero-order valence-electron chi connectivity index (χ0n) is 16.0. The summed E-state index contributed by atoms with van der Waals surface area (Å²) in [5, 5.41) is 11.6. The smallest absolute Gasteiger partial charge is 0.263 e. The van der Waals surface area contributed by atoms with Crippen molar-refractivity contribution in [1.82, 2.24) is 5.01 Å². The number of hydrogen-bond acceptors (Lipinski definition) is 8. The molecule has 0 spiro atoms. The Morgan fingerprint density at radius 1 is 1.06 bits per heavy atom. The molecule has 10 nitrogen and oxygen atoms in total. The third-order valence-corrected chi connectivity index (χ3v) is 5.07. The van der Waals surface area contributed by atoms with Gasteiger partial charge in [0.1, 0.15) is 25.6 Å². The molecule has 1 fully saturated rings. The van der Waals surface area contributed by atoms with E-state index in [0.29, 0.717) is 30.4 Å². The van der Waals surface area contributed by atoms with Gasteiger partial charge in [0.05, 0.1) is 5.69 Å². The molecule has 31 heavy (non-hydrogen) atoms. The zero-order valence-corrected chi connectivity index (χ0v) is 16.0. The fourth-order valence-electron chi connectivity index (χ4n) is 3.67. The van der Waals surface area contributed by atoms with E-state index in [-0.39, 0.29) is 12.2 Å². The van der Waals surface area contributed by atoms with Crippen LogP contribution in [0.4, 0.5) is 15.8 Å². The van der Waals surface area contributed by atoms with Gasteiger partial charge in [-0.2, -0.15) is 5.11 Å². The second-order valence-corrected chi connectivity index (χ2v) is 7.09. The molecule has 0 aromatic heterocycles. The van der Waals surface area contributed by atoms with Crippen molar-refractivity contribution in [3.63, 3.8) is 0 Å². The lowest BCUT2D eigenvalue weighted by Crippen LogP contribution is -2.43. The molecule has 1 saturated heterocycles. The maximum atomic E-state index is 13.2. The molecular formula is C20H16FN5O5. The number of ether oxygens (including phenoxy) is 2. The van der Waals surface area contributed by atoms with Crippen LogP contribution in [-0.4, -0.2) is 54.6 Å². The second-order valence-electron chi connectivity index (χ2n) is 7.09. The molecule has 3 aliphatic rings. The first-order valence-corrected chi connectivity index (χ1v) is 9.51. The summed E-state index contributed by atoms with van der Waals surface area (Å²) in [6.45, 7) is 0.598. The number of amides is 3. The topological polar surface area (TPSA) is 113 Å². The van der Waals surface area contributed by atoms with Gasteiger partial charge < -0.3 is 14.8 Å². The van der Waals surface area contributed by atoms with Gasteiger partial charge in [0.2, 0.25) is 5.91 Å². The zero-order chi connectivity index (χ0) is 21.5. The highest BCUT2D eigenvalue weighted by atomic mass is 19.1. The van der Waals surface area contributed by atoms with E-state index in [9.17, 15) is 18.8 Å². The number of nitrogens with one attached hydrogen (secondary N) is 1. The third-order valence-electron chi connectivity index (χ3n) is 5.07. The molecule has 2 unspecified atom stereocenters. The van der Waals surface area contributed by atoms with Crippen molar-refractivity contribution < 1.29 is 28.2 Å². The average molecular weight is 425 g/mol. The van der Waals surface area contributed by atoms with Gasteiger partial charge in [-0.25, -0.2) is 9.29 Å². The van der Waals surface area contributed by atoms with Crippen LogP contribution in [0.5, 0.6) is 11.5 Å². The number of rotatable bonds is 4. The fourth-order valence-corrected chi connectivity index (χ4v) is 3.67. The quantitative estimate of drug-likeness (QED) is 0.744. The Bertz CT molecular complexity index is 1110. The van der Waals surface area contributed by atoms with Crippen LogP contribution in [0.15, 0.2) is 52.8 Å². The van der Waals surface area contributed by atoms with Crippen molar-refractivity contribution in [3.8, 4) is 11.5 Å². The molecule has 5 rings (SSSR count). The lowest BCUT2D eigenvalue weighted by molar-refractivity contribution is -0.123. The number of hydrogen-bond donors (Lipinski definition) is 1. The van der Waals surface area contributed by atoms with Crippen LogP contribution in [0.2, 0.25) is 0 Å². The van der Waals surface area contributed by atoms with Gasteiger partial charge in [0.15, 0.2) is 23.6 Å². The predicted octanol–water partition coefficient (Wildman–Crippen LogP) is 1.53. The number of imide groups is 1. The van der Waals surface area contributed by atoms with Crippen molar-refractivity contribution >= 4 is 29.1 Å². The molecule has 3 heterocycles. The third kappa shape index (κ3) is 3.33. The summed E-state index contributed by atoms with van der Waals surface area (Å²) < 4.78 is 24.1. The molecule has 2 aromatic carbocycles. The van der Waals surface area contributed by atoms with E-state index < -0.39 is 35.6 Å². The van der Waals surface area contributed by atoms with Gasteiger partial charge in [-0.05, 0) is 36.4 Å². The molecule has 158 valence electrons. The Labute approximate surface area is 175 Å². The van der Waals surface area contributed by atoms with Gasteiger partial charge in [-0.3, -0.25) is 19.4 Å². The van der Waals surface area contributed by atoms with Crippen LogP contribution in [0.3, 0.4) is 0 Å². The molecule has 2 atom stereocenters. The van der Waals surface area contributed by atoms with E-state index in [2.05, 4.69) is 15.7 Å². The first-order chi connectivity index (χ1) is 15.0. The summed E-state index contributed by atoms with van der Waals surface area (Å²) in [6.07, 6.45) is 0. The molecule has 0 bridgehead atoms. The van der Waals surface area contributed by atoms with E-state index in [4.69, 9.17) is 9.47 Å². The summed E-state index contributed by atoms with van der Waals surface area (Å²) in [4.78, 5) is 39.0. The molecule has 3 aliphatic heterocycles. The summed E-state index contributed by atoms with van der Waals surface area (Å²) >= 11 is 0. The van der Waals surface area contributed by atoms with E-state index in [0.717, 1.165) is 17.0 Å². The fraction of sp³-hybridized carbons (Fsp3) is 0.250. The lowest BCUT2D eigenvalue weighted by atomic mass is 10.1. The van der Waals surface area contributed by atoms with E-state index in [1.165, 1.54) is 17.1 Å². The molecule has 11 heteroatoms. The van der Waals surface area contributed by atoms with Crippen molar-refractivity contribution in [2.45, 2.75) is 12.1 Å². The first-order valence-electron chi connectivity index (χ1n) is 9.51. The molecule has 0 saturated carbocycles. The largest absolute Gasteiger partial charge is 0.486 e. The number of carbonyl (C=O) groups excluding carboxylic acids is 3. The number of benzene rings is 2. The Morgan fingerprint density at radius 3 is 2.58 bits per heavy atom. The highest BCUT2D eigenvalue weighted by Crippen LogP contribution is 2.33. The molecule has 3 amide bonds. The lowest BCUT2D eigenvalue weighted by Gasteiger charge is -2.21. The summed E-state index contributed by atoms with van der Waals surface area (Å²) in [5.74, 6) is -0.955. The second kappa shape index (κ2) is 7.35. The Morgan fingerprint density at radius 2 is 1.81 bits per heavy atom. The Hall–Kier alpha value is -4.02. The maximum Gasteiger partial charge on any atom is 0.263 e. The molecule has 0 aliphatic carbocycles. The van der Waals surface area contributed by atoms with E-state index in [1.54, 1.807) is 18.2 Å². The highest BCUT2D eigenvalue weighted by molar-refractivity contribution is 6.25. The number of anilines is 2. The minimum atomic E-state index is -1.04. The highest BCUT2D eigenvalue weighted by Gasteiger charge is 2.55. The van der Waals surface area contributed by atoms with E-state index >= 15 is 0 Å². The number of carbonyl (C=O) groups is 3. The summed E-state index contributed by atoms with van der Waals surface area (Å²) in [5.41, 5.74) is 0.727. The number of nitrogens with zero attached hydrogens (tertiary/aromatic N) is 4. The summed E-state index contributed by atoms with van der Waals surface area (Å²) in [7, 11) is 0. The first kappa shape index (κ1) is 19.0. The molecular weight excluding hydrogens is 409 g/mol. The van der Waals surface area contributed by atoms with Crippen molar-refractivity contribution in [3.05, 3.63) is 48.3 Å². The molecule has 2 aromatic rings.